The molecular formula is C13H15N3O5. The molecule has 21 heavy (non-hydrogen) atoms. The molecule has 0 saturated carbocycles. The van der Waals surface area contributed by atoms with Gasteiger partial charge in [-0.1, -0.05) is 0 Å². The summed E-state index contributed by atoms with van der Waals surface area (Å²) in [7, 11) is 0. The van der Waals surface area contributed by atoms with Crippen molar-refractivity contribution in [2.24, 2.45) is 0 Å². The maximum Gasteiger partial charge on any atom is 0.326 e. The van der Waals surface area contributed by atoms with Crippen LogP contribution in [0.25, 0.3) is 0 Å². The molecule has 1 fully saturated rings. The Hall–Kier alpha value is -2.64. The Morgan fingerprint density at radius 1 is 1.38 bits per heavy atom. The van der Waals surface area contributed by atoms with E-state index in [4.69, 9.17) is 10.8 Å². The molecule has 1 atom stereocenters. The molecule has 0 aromatic heterocycles. The lowest BCUT2D eigenvalue weighted by molar-refractivity contribution is -0.383. The third-order valence-corrected chi connectivity index (χ3v) is 3.52. The summed E-state index contributed by atoms with van der Waals surface area (Å²) in [4.78, 5) is 35.0. The molecule has 112 valence electrons. The van der Waals surface area contributed by atoms with Crippen LogP contribution >= 0.6 is 0 Å². The van der Waals surface area contributed by atoms with E-state index in [2.05, 4.69) is 0 Å². The van der Waals surface area contributed by atoms with Crippen LogP contribution in [0.15, 0.2) is 18.2 Å². The van der Waals surface area contributed by atoms with Gasteiger partial charge in [-0.2, -0.15) is 0 Å². The smallest absolute Gasteiger partial charge is 0.326 e. The molecule has 1 aliphatic heterocycles. The number of likely N-dealkylation sites (tertiary alicyclic amines) is 1. The molecule has 1 saturated heterocycles. The number of nitro groups is 1. The zero-order valence-electron chi connectivity index (χ0n) is 11.2. The number of nitrogens with zero attached hydrogens (tertiary/aromatic N) is 2. The van der Waals surface area contributed by atoms with E-state index in [0.29, 0.717) is 19.4 Å². The van der Waals surface area contributed by atoms with Crippen LogP contribution in [0.4, 0.5) is 11.4 Å². The van der Waals surface area contributed by atoms with Gasteiger partial charge in [-0.25, -0.2) is 4.79 Å². The van der Waals surface area contributed by atoms with Crippen LogP contribution in [0, 0.1) is 10.1 Å². The molecule has 1 aromatic rings. The molecule has 1 aliphatic rings. The highest BCUT2D eigenvalue weighted by Gasteiger charge is 2.33. The SMILES string of the molecule is Nc1ccc(C(=O)N2CCCC[C@@H]2C(=O)O)cc1[N+](=O)[O-]. The van der Waals surface area contributed by atoms with Gasteiger partial charge in [0.2, 0.25) is 0 Å². The Morgan fingerprint density at radius 3 is 2.71 bits per heavy atom. The Labute approximate surface area is 120 Å². The van der Waals surface area contributed by atoms with E-state index in [-0.39, 0.29) is 16.9 Å². The van der Waals surface area contributed by atoms with E-state index in [1.165, 1.54) is 17.0 Å². The number of benzene rings is 1. The number of rotatable bonds is 3. The van der Waals surface area contributed by atoms with Crippen molar-refractivity contribution in [2.75, 3.05) is 12.3 Å². The molecule has 1 aromatic carbocycles. The second kappa shape index (κ2) is 5.78. The Bertz CT molecular complexity index is 601. The summed E-state index contributed by atoms with van der Waals surface area (Å²) >= 11 is 0. The third kappa shape index (κ3) is 2.93. The average Bonchev–Trinajstić information content (AvgIpc) is 2.46. The molecule has 0 bridgehead atoms. The second-order valence-corrected chi connectivity index (χ2v) is 4.88. The fourth-order valence-electron chi connectivity index (χ4n) is 2.43. The number of hydrogen-bond acceptors (Lipinski definition) is 5. The van der Waals surface area contributed by atoms with E-state index < -0.39 is 22.8 Å². The maximum atomic E-state index is 12.4. The van der Waals surface area contributed by atoms with E-state index >= 15 is 0 Å². The van der Waals surface area contributed by atoms with E-state index in [1.807, 2.05) is 0 Å². The van der Waals surface area contributed by atoms with Gasteiger partial charge in [0, 0.05) is 18.2 Å². The molecule has 1 heterocycles. The van der Waals surface area contributed by atoms with Crippen molar-refractivity contribution in [2.45, 2.75) is 25.3 Å². The van der Waals surface area contributed by atoms with Gasteiger partial charge in [0.1, 0.15) is 11.7 Å². The topological polar surface area (TPSA) is 127 Å². The minimum atomic E-state index is -1.06. The number of carboxylic acids is 1. The van der Waals surface area contributed by atoms with Gasteiger partial charge in [-0.05, 0) is 31.4 Å². The van der Waals surface area contributed by atoms with Crippen LogP contribution < -0.4 is 5.73 Å². The number of nitrogens with two attached hydrogens (primary N) is 1. The van der Waals surface area contributed by atoms with Crippen LogP contribution in [-0.2, 0) is 4.79 Å². The van der Waals surface area contributed by atoms with Gasteiger partial charge in [-0.15, -0.1) is 0 Å². The predicted molar refractivity (Wildman–Crippen MR) is 73.8 cm³/mol. The van der Waals surface area contributed by atoms with Gasteiger partial charge >= 0.3 is 5.97 Å². The van der Waals surface area contributed by atoms with Crippen molar-refractivity contribution in [1.82, 2.24) is 4.90 Å². The standard InChI is InChI=1S/C13H15N3O5/c14-9-5-4-8(7-11(9)16(20)21)12(17)15-6-2-1-3-10(15)13(18)19/h4-5,7,10H,1-3,6,14H2,(H,18,19)/t10-/m1/s1. The van der Waals surface area contributed by atoms with Gasteiger partial charge in [0.15, 0.2) is 0 Å². The number of carboxylic acid groups (broad SMARTS) is 1. The first kappa shape index (κ1) is 14.8. The summed E-state index contributed by atoms with van der Waals surface area (Å²) in [6.07, 6.45) is 1.84. The summed E-state index contributed by atoms with van der Waals surface area (Å²) in [5.41, 5.74) is 5.16. The van der Waals surface area contributed by atoms with Crippen LogP contribution in [0.5, 0.6) is 0 Å². The van der Waals surface area contributed by atoms with Crippen molar-refractivity contribution in [1.29, 1.82) is 0 Å². The van der Waals surface area contributed by atoms with Gasteiger partial charge in [0.25, 0.3) is 11.6 Å². The van der Waals surface area contributed by atoms with Gasteiger partial charge in [-0.3, -0.25) is 14.9 Å². The quantitative estimate of drug-likeness (QED) is 0.490. The first-order valence-electron chi connectivity index (χ1n) is 6.49. The largest absolute Gasteiger partial charge is 0.480 e. The molecule has 0 spiro atoms. The van der Waals surface area contributed by atoms with E-state index in [1.54, 1.807) is 0 Å². The number of anilines is 1. The molecule has 8 nitrogen and oxygen atoms in total. The van der Waals surface area contributed by atoms with Crippen molar-refractivity contribution < 1.29 is 19.6 Å². The highest BCUT2D eigenvalue weighted by Crippen LogP contribution is 2.25. The fraction of sp³-hybridized carbons (Fsp3) is 0.385. The highest BCUT2D eigenvalue weighted by atomic mass is 16.6. The van der Waals surface area contributed by atoms with Crippen molar-refractivity contribution in [3.05, 3.63) is 33.9 Å². The summed E-state index contributed by atoms with van der Waals surface area (Å²) in [6.45, 7) is 0.327. The number of nitro benzene ring substituents is 1. The number of piperidine rings is 1. The summed E-state index contributed by atoms with van der Waals surface area (Å²) in [6, 6.07) is 2.86. The number of carbonyl (C=O) groups is 2. The Kier molecular flexibility index (Phi) is 4.06. The first-order valence-corrected chi connectivity index (χ1v) is 6.49. The molecule has 8 heteroatoms. The minimum Gasteiger partial charge on any atom is -0.480 e. The van der Waals surface area contributed by atoms with Gasteiger partial charge in [0.05, 0.1) is 4.92 Å². The molecule has 3 N–H and O–H groups in total. The normalized spacial score (nSPS) is 18.3. The number of carbonyl (C=O) groups excluding carboxylic acids is 1. The Balaban J connectivity index is 2.32. The van der Waals surface area contributed by atoms with Crippen LogP contribution in [0.2, 0.25) is 0 Å². The molecule has 2 rings (SSSR count). The zero-order valence-corrected chi connectivity index (χ0v) is 11.2. The van der Waals surface area contributed by atoms with E-state index in [0.717, 1.165) is 12.5 Å². The number of nitrogen functional groups attached to an aromatic ring is 1. The molecular weight excluding hydrogens is 278 g/mol. The second-order valence-electron chi connectivity index (χ2n) is 4.88. The maximum absolute atomic E-state index is 12.4. The molecule has 1 amide bonds. The molecule has 0 unspecified atom stereocenters. The minimum absolute atomic E-state index is 0.0371. The summed E-state index contributed by atoms with van der Waals surface area (Å²) in [5, 5.41) is 20.0. The van der Waals surface area contributed by atoms with Crippen LogP contribution in [0.1, 0.15) is 29.6 Å². The van der Waals surface area contributed by atoms with Gasteiger partial charge < -0.3 is 15.7 Å². The number of aliphatic carboxylic acids is 1. The lowest BCUT2D eigenvalue weighted by atomic mass is 10.0. The summed E-state index contributed by atoms with van der Waals surface area (Å²) < 4.78 is 0. The monoisotopic (exact) mass is 293 g/mol. The van der Waals surface area contributed by atoms with Crippen molar-refractivity contribution in [3.8, 4) is 0 Å². The third-order valence-electron chi connectivity index (χ3n) is 3.52. The van der Waals surface area contributed by atoms with E-state index in [9.17, 15) is 19.7 Å². The fourth-order valence-corrected chi connectivity index (χ4v) is 2.43. The van der Waals surface area contributed by atoms with Crippen LogP contribution in [0.3, 0.4) is 0 Å². The molecule has 0 aliphatic carbocycles. The number of amides is 1. The molecule has 0 radical (unpaired) electrons. The zero-order chi connectivity index (χ0) is 15.6. The summed E-state index contributed by atoms with van der Waals surface area (Å²) in [5.74, 6) is -1.59. The first-order chi connectivity index (χ1) is 9.91. The lowest BCUT2D eigenvalue weighted by Gasteiger charge is -2.32. The average molecular weight is 293 g/mol. The predicted octanol–water partition coefficient (Wildman–Crippen LogP) is 1.26. The van der Waals surface area contributed by atoms with Crippen LogP contribution in [-0.4, -0.2) is 39.4 Å². The lowest BCUT2D eigenvalue weighted by Crippen LogP contribution is -2.48. The van der Waals surface area contributed by atoms with Crippen molar-refractivity contribution >= 4 is 23.3 Å². The van der Waals surface area contributed by atoms with Crippen molar-refractivity contribution in [3.63, 3.8) is 0 Å². The number of hydrogen-bond donors (Lipinski definition) is 2. The highest BCUT2D eigenvalue weighted by molar-refractivity contribution is 5.97. The Morgan fingerprint density at radius 2 is 2.10 bits per heavy atom.